The molecule has 9 heteroatoms. The van der Waals surface area contributed by atoms with Gasteiger partial charge in [0.05, 0.1) is 18.2 Å². The zero-order valence-corrected chi connectivity index (χ0v) is 16.0. The van der Waals surface area contributed by atoms with Crippen LogP contribution >= 0.6 is 11.6 Å². The quantitative estimate of drug-likeness (QED) is 0.632. The fourth-order valence-corrected chi connectivity index (χ4v) is 3.21. The summed E-state index contributed by atoms with van der Waals surface area (Å²) in [4.78, 5) is 18.2. The van der Waals surface area contributed by atoms with Crippen molar-refractivity contribution in [3.05, 3.63) is 64.9 Å². The number of benzene rings is 2. The molecule has 7 nitrogen and oxygen atoms in total. The first-order valence-electron chi connectivity index (χ1n) is 8.96. The lowest BCUT2D eigenvalue weighted by Crippen LogP contribution is -2.44. The lowest BCUT2D eigenvalue weighted by Gasteiger charge is -2.33. The van der Waals surface area contributed by atoms with Crippen LogP contribution in [0.2, 0.25) is 5.02 Å². The molecule has 0 bridgehead atoms. The van der Waals surface area contributed by atoms with Gasteiger partial charge in [-0.25, -0.2) is 4.39 Å². The van der Waals surface area contributed by atoms with Crippen molar-refractivity contribution in [3.8, 4) is 17.5 Å². The van der Waals surface area contributed by atoms with Gasteiger partial charge in [0.1, 0.15) is 11.9 Å². The van der Waals surface area contributed by atoms with E-state index in [9.17, 15) is 9.18 Å². The van der Waals surface area contributed by atoms with E-state index in [1.807, 2.05) is 0 Å². The SMILES string of the molecule is O=C(COc1nc(-c2ccccc2Cl)no1)N1CCOC(c2ccc(F)cc2)C1. The minimum atomic E-state index is -0.318. The predicted molar refractivity (Wildman–Crippen MR) is 102 cm³/mol. The van der Waals surface area contributed by atoms with Crippen LogP contribution in [-0.4, -0.2) is 47.3 Å². The van der Waals surface area contributed by atoms with Crippen LogP contribution in [-0.2, 0) is 9.53 Å². The molecular weight excluding hydrogens is 401 g/mol. The molecule has 29 heavy (non-hydrogen) atoms. The van der Waals surface area contributed by atoms with E-state index < -0.39 is 0 Å². The number of hydrogen-bond donors (Lipinski definition) is 0. The first-order valence-corrected chi connectivity index (χ1v) is 9.34. The Hall–Kier alpha value is -2.97. The summed E-state index contributed by atoms with van der Waals surface area (Å²) in [7, 11) is 0. The maximum absolute atomic E-state index is 13.1. The Morgan fingerprint density at radius 3 is 2.83 bits per heavy atom. The smallest absolute Gasteiger partial charge is 0.418 e. The molecule has 4 rings (SSSR count). The molecule has 1 atom stereocenters. The van der Waals surface area contributed by atoms with Crippen LogP contribution in [0.25, 0.3) is 11.4 Å². The minimum absolute atomic E-state index is 0.114. The van der Waals surface area contributed by atoms with E-state index in [1.165, 1.54) is 12.1 Å². The normalized spacial score (nSPS) is 16.6. The third-order valence-corrected chi connectivity index (χ3v) is 4.83. The Morgan fingerprint density at radius 1 is 1.24 bits per heavy atom. The van der Waals surface area contributed by atoms with E-state index in [1.54, 1.807) is 41.3 Å². The molecule has 1 aliphatic heterocycles. The van der Waals surface area contributed by atoms with Gasteiger partial charge >= 0.3 is 6.08 Å². The molecule has 2 aromatic carbocycles. The van der Waals surface area contributed by atoms with Crippen molar-refractivity contribution in [2.24, 2.45) is 0 Å². The number of morpholine rings is 1. The standard InChI is InChI=1S/C20H17ClFN3O4/c21-16-4-2-1-3-15(16)19-23-20(29-24-19)28-12-18(26)25-9-10-27-17(11-25)13-5-7-14(22)8-6-13/h1-8,17H,9-12H2. The zero-order valence-electron chi connectivity index (χ0n) is 15.3. The molecule has 2 heterocycles. The average molecular weight is 418 g/mol. The molecular formula is C20H17ClFN3O4. The van der Waals surface area contributed by atoms with Gasteiger partial charge in [-0.3, -0.25) is 9.32 Å². The molecule has 3 aromatic rings. The van der Waals surface area contributed by atoms with Gasteiger partial charge in [-0.05, 0) is 29.8 Å². The van der Waals surface area contributed by atoms with Gasteiger partial charge in [0.15, 0.2) is 6.61 Å². The largest absolute Gasteiger partial charge is 0.439 e. The summed E-state index contributed by atoms with van der Waals surface area (Å²) in [5.74, 6) is -0.277. The van der Waals surface area contributed by atoms with Crippen LogP contribution in [0.4, 0.5) is 4.39 Å². The van der Waals surface area contributed by atoms with E-state index in [4.69, 9.17) is 25.6 Å². The van der Waals surface area contributed by atoms with Crippen molar-refractivity contribution in [2.75, 3.05) is 26.3 Å². The Bertz CT molecular complexity index is 995. The van der Waals surface area contributed by atoms with Crippen molar-refractivity contribution in [1.29, 1.82) is 0 Å². The highest BCUT2D eigenvalue weighted by molar-refractivity contribution is 6.33. The van der Waals surface area contributed by atoms with Crippen molar-refractivity contribution < 1.29 is 23.2 Å². The van der Waals surface area contributed by atoms with Crippen molar-refractivity contribution in [2.45, 2.75) is 6.10 Å². The lowest BCUT2D eigenvalue weighted by atomic mass is 10.1. The van der Waals surface area contributed by atoms with E-state index in [2.05, 4.69) is 10.1 Å². The van der Waals surface area contributed by atoms with Gasteiger partial charge in [0.25, 0.3) is 5.91 Å². The number of hydrogen-bond acceptors (Lipinski definition) is 6. The van der Waals surface area contributed by atoms with Crippen LogP contribution in [0.3, 0.4) is 0 Å². The number of amides is 1. The Labute approximate surface area is 171 Å². The van der Waals surface area contributed by atoms with Crippen molar-refractivity contribution in [1.82, 2.24) is 15.0 Å². The number of aromatic nitrogens is 2. The monoisotopic (exact) mass is 417 g/mol. The van der Waals surface area contributed by atoms with Gasteiger partial charge < -0.3 is 14.4 Å². The molecule has 0 saturated carbocycles. The van der Waals surface area contributed by atoms with Gasteiger partial charge in [-0.1, -0.05) is 41.0 Å². The fourth-order valence-electron chi connectivity index (χ4n) is 2.99. The minimum Gasteiger partial charge on any atom is -0.439 e. The first-order chi connectivity index (χ1) is 14.1. The second kappa shape index (κ2) is 8.59. The van der Waals surface area contributed by atoms with E-state index in [-0.39, 0.29) is 36.3 Å². The average Bonchev–Trinajstić information content (AvgIpc) is 3.22. The highest BCUT2D eigenvalue weighted by atomic mass is 35.5. The number of rotatable bonds is 5. The molecule has 1 aromatic heterocycles. The number of carbonyl (C=O) groups excluding carboxylic acids is 1. The van der Waals surface area contributed by atoms with Gasteiger partial charge in [-0.2, -0.15) is 4.98 Å². The molecule has 0 radical (unpaired) electrons. The lowest BCUT2D eigenvalue weighted by molar-refractivity contribution is -0.141. The third-order valence-electron chi connectivity index (χ3n) is 4.50. The van der Waals surface area contributed by atoms with Crippen LogP contribution in [0, 0.1) is 5.82 Å². The zero-order chi connectivity index (χ0) is 20.2. The van der Waals surface area contributed by atoms with E-state index >= 15 is 0 Å². The Morgan fingerprint density at radius 2 is 2.03 bits per heavy atom. The van der Waals surface area contributed by atoms with Crippen LogP contribution in [0.15, 0.2) is 53.1 Å². The maximum atomic E-state index is 13.1. The highest BCUT2D eigenvalue weighted by Gasteiger charge is 2.26. The Balaban J connectivity index is 1.35. The van der Waals surface area contributed by atoms with Crippen LogP contribution in [0.1, 0.15) is 11.7 Å². The summed E-state index contributed by atoms with van der Waals surface area (Å²) >= 11 is 6.11. The first kappa shape index (κ1) is 19.4. The molecule has 1 fully saturated rings. The summed E-state index contributed by atoms with van der Waals surface area (Å²) in [5.41, 5.74) is 1.42. The topological polar surface area (TPSA) is 77.7 Å². The summed E-state index contributed by atoms with van der Waals surface area (Å²) in [6, 6.07) is 13.1. The summed E-state index contributed by atoms with van der Waals surface area (Å²) in [6.07, 6.45) is -0.430. The summed E-state index contributed by atoms with van der Waals surface area (Å²) in [5, 5.41) is 4.31. The molecule has 0 N–H and O–H groups in total. The van der Waals surface area contributed by atoms with Gasteiger partial charge in [-0.15, -0.1) is 0 Å². The molecule has 0 aliphatic carbocycles. The maximum Gasteiger partial charge on any atom is 0.418 e. The second-order valence-electron chi connectivity index (χ2n) is 6.40. The summed E-state index contributed by atoms with van der Waals surface area (Å²) in [6.45, 7) is 0.919. The van der Waals surface area contributed by atoms with Crippen molar-refractivity contribution >= 4 is 17.5 Å². The number of halogens is 2. The van der Waals surface area contributed by atoms with Gasteiger partial charge in [0, 0.05) is 12.1 Å². The van der Waals surface area contributed by atoms with Crippen LogP contribution in [0.5, 0.6) is 6.08 Å². The molecule has 0 spiro atoms. The second-order valence-corrected chi connectivity index (χ2v) is 6.81. The number of carbonyl (C=O) groups is 1. The molecule has 1 amide bonds. The van der Waals surface area contributed by atoms with Crippen molar-refractivity contribution in [3.63, 3.8) is 0 Å². The molecule has 1 saturated heterocycles. The number of ether oxygens (including phenoxy) is 2. The molecule has 1 aliphatic rings. The predicted octanol–water partition coefficient (Wildman–Crippen LogP) is 3.51. The number of nitrogens with zero attached hydrogens (tertiary/aromatic N) is 3. The Kier molecular flexibility index (Phi) is 5.73. The van der Waals surface area contributed by atoms with E-state index in [0.29, 0.717) is 30.3 Å². The van der Waals surface area contributed by atoms with Crippen LogP contribution < -0.4 is 4.74 Å². The van der Waals surface area contributed by atoms with Gasteiger partial charge in [0.2, 0.25) is 5.82 Å². The third kappa shape index (κ3) is 4.55. The summed E-state index contributed by atoms with van der Waals surface area (Å²) < 4.78 is 29.2. The molecule has 150 valence electrons. The highest BCUT2D eigenvalue weighted by Crippen LogP contribution is 2.26. The van der Waals surface area contributed by atoms with E-state index in [0.717, 1.165) is 5.56 Å². The fraction of sp³-hybridized carbons (Fsp3) is 0.250. The molecule has 1 unspecified atom stereocenters.